The van der Waals surface area contributed by atoms with Gasteiger partial charge in [0.15, 0.2) is 11.5 Å². The van der Waals surface area contributed by atoms with E-state index >= 15 is 0 Å². The van der Waals surface area contributed by atoms with Crippen molar-refractivity contribution in [3.8, 4) is 11.1 Å². The van der Waals surface area contributed by atoms with Gasteiger partial charge in [0.25, 0.3) is 0 Å². The topological polar surface area (TPSA) is 30.2 Å². The van der Waals surface area contributed by atoms with Gasteiger partial charge in [-0.1, -0.05) is 30.3 Å². The third-order valence-electron chi connectivity index (χ3n) is 2.42. The first-order valence-corrected chi connectivity index (χ1v) is 5.17. The summed E-state index contributed by atoms with van der Waals surface area (Å²) in [6, 6.07) is 9.20. The monoisotopic (exact) mass is 254 g/mol. The number of Topliss-reactive ketones (excluding diaryl/α,β-unsaturated/α-hetero) is 1. The van der Waals surface area contributed by atoms with E-state index in [1.54, 1.807) is 30.3 Å². The SMILES string of the molecule is CC(=O)c1oc(C(F)(F)F)cc1-c1ccccc1. The number of rotatable bonds is 2. The minimum atomic E-state index is -4.60. The maximum absolute atomic E-state index is 12.6. The van der Waals surface area contributed by atoms with E-state index in [9.17, 15) is 18.0 Å². The van der Waals surface area contributed by atoms with Crippen LogP contribution in [0.1, 0.15) is 23.2 Å². The summed E-state index contributed by atoms with van der Waals surface area (Å²) in [5, 5.41) is 0. The summed E-state index contributed by atoms with van der Waals surface area (Å²) in [5.74, 6) is -1.97. The van der Waals surface area contributed by atoms with Crippen molar-refractivity contribution in [2.24, 2.45) is 0 Å². The van der Waals surface area contributed by atoms with Crippen LogP contribution in [0.25, 0.3) is 11.1 Å². The van der Waals surface area contributed by atoms with E-state index in [4.69, 9.17) is 0 Å². The maximum Gasteiger partial charge on any atom is 0.449 e. The molecule has 0 saturated carbocycles. The molecular weight excluding hydrogens is 245 g/mol. The van der Waals surface area contributed by atoms with E-state index in [-0.39, 0.29) is 11.3 Å². The average Bonchev–Trinajstić information content (AvgIpc) is 2.74. The maximum atomic E-state index is 12.6. The van der Waals surface area contributed by atoms with E-state index in [1.165, 1.54) is 6.92 Å². The van der Waals surface area contributed by atoms with Crippen LogP contribution >= 0.6 is 0 Å². The Balaban J connectivity index is 2.60. The summed E-state index contributed by atoms with van der Waals surface area (Å²) in [5.41, 5.74) is 0.678. The van der Waals surface area contributed by atoms with E-state index < -0.39 is 17.7 Å². The molecule has 2 rings (SSSR count). The van der Waals surface area contributed by atoms with Gasteiger partial charge < -0.3 is 4.42 Å². The Hall–Kier alpha value is -2.04. The van der Waals surface area contributed by atoms with E-state index in [0.29, 0.717) is 5.56 Å². The number of halogens is 3. The second-order valence-corrected chi connectivity index (χ2v) is 3.77. The molecule has 0 unspecified atom stereocenters. The molecule has 0 atom stereocenters. The first-order chi connectivity index (χ1) is 8.39. The molecule has 0 saturated heterocycles. The van der Waals surface area contributed by atoms with Crippen molar-refractivity contribution in [3.63, 3.8) is 0 Å². The third-order valence-corrected chi connectivity index (χ3v) is 2.42. The zero-order valence-electron chi connectivity index (χ0n) is 9.41. The summed E-state index contributed by atoms with van der Waals surface area (Å²) in [4.78, 5) is 11.3. The Morgan fingerprint density at radius 2 is 1.78 bits per heavy atom. The predicted molar refractivity (Wildman–Crippen MR) is 59.2 cm³/mol. The molecule has 94 valence electrons. The number of furan rings is 1. The molecule has 0 spiro atoms. The standard InChI is InChI=1S/C13H9F3O2/c1-8(17)12-10(9-5-3-2-4-6-9)7-11(18-12)13(14,15)16/h2-7H,1H3. The second-order valence-electron chi connectivity index (χ2n) is 3.77. The fraction of sp³-hybridized carbons (Fsp3) is 0.154. The lowest BCUT2D eigenvalue weighted by Gasteiger charge is -1.99. The first-order valence-electron chi connectivity index (χ1n) is 5.17. The van der Waals surface area contributed by atoms with Crippen molar-refractivity contribution in [3.05, 3.63) is 47.9 Å². The largest absolute Gasteiger partial charge is 0.449 e. The van der Waals surface area contributed by atoms with Crippen molar-refractivity contribution in [2.75, 3.05) is 0 Å². The molecule has 1 aromatic heterocycles. The van der Waals surface area contributed by atoms with Crippen LogP contribution in [0.2, 0.25) is 0 Å². The fourth-order valence-corrected chi connectivity index (χ4v) is 1.62. The van der Waals surface area contributed by atoms with Crippen LogP contribution < -0.4 is 0 Å². The lowest BCUT2D eigenvalue weighted by Crippen LogP contribution is -2.02. The zero-order valence-corrected chi connectivity index (χ0v) is 9.41. The smallest absolute Gasteiger partial charge is 0.448 e. The van der Waals surface area contributed by atoms with Crippen LogP contribution in [0.3, 0.4) is 0 Å². The lowest BCUT2D eigenvalue weighted by atomic mass is 10.0. The van der Waals surface area contributed by atoms with Gasteiger partial charge in [-0.25, -0.2) is 0 Å². The number of carbonyl (C=O) groups excluding carboxylic acids is 1. The molecule has 0 aliphatic heterocycles. The average molecular weight is 254 g/mol. The molecule has 0 bridgehead atoms. The van der Waals surface area contributed by atoms with Crippen LogP contribution in [0.15, 0.2) is 40.8 Å². The van der Waals surface area contributed by atoms with E-state index in [2.05, 4.69) is 4.42 Å². The summed E-state index contributed by atoms with van der Waals surface area (Å²) >= 11 is 0. The van der Waals surface area contributed by atoms with Crippen LogP contribution in [-0.4, -0.2) is 5.78 Å². The number of ketones is 1. The molecule has 0 radical (unpaired) electrons. The highest BCUT2D eigenvalue weighted by Gasteiger charge is 2.37. The van der Waals surface area contributed by atoms with Crippen molar-refractivity contribution >= 4 is 5.78 Å². The molecule has 18 heavy (non-hydrogen) atoms. The molecule has 5 heteroatoms. The number of carbonyl (C=O) groups is 1. The van der Waals surface area contributed by atoms with Gasteiger partial charge in [-0.15, -0.1) is 0 Å². The minimum Gasteiger partial charge on any atom is -0.448 e. The van der Waals surface area contributed by atoms with Crippen molar-refractivity contribution in [2.45, 2.75) is 13.1 Å². The summed E-state index contributed by atoms with van der Waals surface area (Å²) in [7, 11) is 0. The second kappa shape index (κ2) is 4.33. The molecule has 0 aliphatic rings. The summed E-state index contributed by atoms with van der Waals surface area (Å²) < 4.78 is 42.3. The first kappa shape index (κ1) is 12.4. The third kappa shape index (κ3) is 2.30. The van der Waals surface area contributed by atoms with Gasteiger partial charge in [0.05, 0.1) is 0 Å². The van der Waals surface area contributed by atoms with Crippen molar-refractivity contribution in [1.82, 2.24) is 0 Å². The van der Waals surface area contributed by atoms with Crippen LogP contribution in [0, 0.1) is 0 Å². The Labute approximate surface area is 101 Å². The van der Waals surface area contributed by atoms with Gasteiger partial charge in [0, 0.05) is 12.5 Å². The highest BCUT2D eigenvalue weighted by atomic mass is 19.4. The van der Waals surface area contributed by atoms with Crippen LogP contribution in [0.4, 0.5) is 13.2 Å². The molecule has 2 nitrogen and oxygen atoms in total. The van der Waals surface area contributed by atoms with Gasteiger partial charge >= 0.3 is 6.18 Å². The molecule has 1 heterocycles. The van der Waals surface area contributed by atoms with Crippen LogP contribution in [0.5, 0.6) is 0 Å². The molecule has 0 N–H and O–H groups in total. The predicted octanol–water partition coefficient (Wildman–Crippen LogP) is 4.17. The highest BCUT2D eigenvalue weighted by molar-refractivity contribution is 5.98. The Kier molecular flexibility index (Phi) is 2.98. The summed E-state index contributed by atoms with van der Waals surface area (Å²) in [6.45, 7) is 1.17. The van der Waals surface area contributed by atoms with Gasteiger partial charge in [-0.3, -0.25) is 4.79 Å². The molecule has 0 amide bonds. The quantitative estimate of drug-likeness (QED) is 0.753. The van der Waals surface area contributed by atoms with Gasteiger partial charge in [0.2, 0.25) is 5.76 Å². The highest BCUT2D eigenvalue weighted by Crippen LogP contribution is 2.36. The molecule has 2 aromatic rings. The lowest BCUT2D eigenvalue weighted by molar-refractivity contribution is -0.153. The van der Waals surface area contributed by atoms with Gasteiger partial charge in [0.1, 0.15) is 0 Å². The number of benzene rings is 1. The van der Waals surface area contributed by atoms with Crippen molar-refractivity contribution in [1.29, 1.82) is 0 Å². The fourth-order valence-electron chi connectivity index (χ4n) is 1.62. The van der Waals surface area contributed by atoms with Gasteiger partial charge in [-0.05, 0) is 11.6 Å². The van der Waals surface area contributed by atoms with Crippen LogP contribution in [-0.2, 0) is 6.18 Å². The van der Waals surface area contributed by atoms with E-state index in [0.717, 1.165) is 6.07 Å². The molecule has 1 aromatic carbocycles. The number of alkyl halides is 3. The molecule has 0 fully saturated rings. The Morgan fingerprint density at radius 3 is 2.28 bits per heavy atom. The Morgan fingerprint density at radius 1 is 1.17 bits per heavy atom. The van der Waals surface area contributed by atoms with Crippen molar-refractivity contribution < 1.29 is 22.4 Å². The van der Waals surface area contributed by atoms with E-state index in [1.807, 2.05) is 0 Å². The molecule has 0 aliphatic carbocycles. The normalized spacial score (nSPS) is 11.6. The number of hydrogen-bond donors (Lipinski definition) is 0. The minimum absolute atomic E-state index is 0.162. The molecular formula is C13H9F3O2. The number of hydrogen-bond acceptors (Lipinski definition) is 2. The summed E-state index contributed by atoms with van der Waals surface area (Å²) in [6.07, 6.45) is -4.60. The van der Waals surface area contributed by atoms with Gasteiger partial charge in [-0.2, -0.15) is 13.2 Å². The Bertz CT molecular complexity index is 568. The zero-order chi connectivity index (χ0) is 13.3.